The fourth-order valence-electron chi connectivity index (χ4n) is 2.28. The Kier molecular flexibility index (Phi) is 3.78. The second-order valence-electron chi connectivity index (χ2n) is 4.87. The summed E-state index contributed by atoms with van der Waals surface area (Å²) in [6, 6.07) is 2.03. The van der Waals surface area contributed by atoms with Crippen LogP contribution in [0.4, 0.5) is 0 Å². The van der Waals surface area contributed by atoms with E-state index in [1.165, 1.54) is 12.1 Å². The molecule has 0 radical (unpaired) electrons. The van der Waals surface area contributed by atoms with Gasteiger partial charge in [0.05, 0.1) is 6.54 Å². The van der Waals surface area contributed by atoms with Crippen molar-refractivity contribution >= 4 is 5.91 Å². The van der Waals surface area contributed by atoms with Crippen LogP contribution in [0.2, 0.25) is 0 Å². The molecule has 0 aliphatic carbocycles. The molecule has 1 unspecified atom stereocenters. The molecule has 1 aliphatic heterocycles. The van der Waals surface area contributed by atoms with Gasteiger partial charge in [-0.2, -0.15) is 5.10 Å². The first-order valence-electron chi connectivity index (χ1n) is 6.08. The van der Waals surface area contributed by atoms with Gasteiger partial charge >= 0.3 is 0 Å². The van der Waals surface area contributed by atoms with Crippen LogP contribution < -0.4 is 0 Å². The summed E-state index contributed by atoms with van der Waals surface area (Å²) >= 11 is 0. The van der Waals surface area contributed by atoms with Crippen LogP contribution in [0.3, 0.4) is 0 Å². The predicted octanol–water partition coefficient (Wildman–Crippen LogP) is 0.677. The number of piperidine rings is 1. The van der Waals surface area contributed by atoms with Crippen LogP contribution in [-0.2, 0) is 4.79 Å². The van der Waals surface area contributed by atoms with Crippen molar-refractivity contribution in [1.82, 2.24) is 20.0 Å². The number of likely N-dealkylation sites (N-methyl/N-ethyl adjacent to an activating group) is 1. The molecule has 5 heteroatoms. The molecule has 0 bridgehead atoms. The molecule has 1 amide bonds. The molecule has 0 saturated carbocycles. The second kappa shape index (κ2) is 5.31. The highest BCUT2D eigenvalue weighted by Crippen LogP contribution is 2.24. The number of aromatic nitrogens is 2. The third-order valence-corrected chi connectivity index (χ3v) is 3.33. The van der Waals surface area contributed by atoms with Crippen LogP contribution >= 0.6 is 0 Å². The minimum Gasteiger partial charge on any atom is -0.348 e. The number of carbonyl (C=O) groups excluding carboxylic acids is 1. The quantitative estimate of drug-likeness (QED) is 0.839. The van der Waals surface area contributed by atoms with E-state index in [2.05, 4.69) is 15.1 Å². The molecule has 1 aliphatic rings. The Labute approximate surface area is 102 Å². The molecular formula is C12H20N4O. The van der Waals surface area contributed by atoms with Gasteiger partial charge in [-0.1, -0.05) is 0 Å². The van der Waals surface area contributed by atoms with Gasteiger partial charge < -0.3 is 4.90 Å². The summed E-state index contributed by atoms with van der Waals surface area (Å²) in [5.74, 6) is 0.663. The average molecular weight is 236 g/mol. The van der Waals surface area contributed by atoms with Crippen molar-refractivity contribution in [1.29, 1.82) is 0 Å². The lowest BCUT2D eigenvalue weighted by Gasteiger charge is -2.32. The lowest BCUT2D eigenvalue weighted by Crippen LogP contribution is -2.41. The Bertz CT molecular complexity index is 361. The van der Waals surface area contributed by atoms with Gasteiger partial charge in [-0.15, -0.1) is 0 Å². The summed E-state index contributed by atoms with van der Waals surface area (Å²) in [7, 11) is 3.61. The molecule has 1 N–H and O–H groups in total. The molecule has 2 heterocycles. The van der Waals surface area contributed by atoms with Crippen LogP contribution in [0.1, 0.15) is 24.5 Å². The van der Waals surface area contributed by atoms with Gasteiger partial charge in [-0.3, -0.25) is 14.8 Å². The van der Waals surface area contributed by atoms with Crippen molar-refractivity contribution in [3.05, 3.63) is 18.0 Å². The molecule has 1 fully saturated rings. The molecule has 1 atom stereocenters. The number of nitrogens with one attached hydrogen (secondary N) is 1. The number of nitrogens with zero attached hydrogens (tertiary/aromatic N) is 3. The van der Waals surface area contributed by atoms with E-state index in [4.69, 9.17) is 0 Å². The van der Waals surface area contributed by atoms with Crippen molar-refractivity contribution < 1.29 is 4.79 Å². The summed E-state index contributed by atoms with van der Waals surface area (Å²) in [6.45, 7) is 2.49. The summed E-state index contributed by atoms with van der Waals surface area (Å²) in [5, 5.41) is 7.02. The SMILES string of the molecule is CN(C)C(=O)CN1CCCC(c2ccn[nH]2)C1. The fraction of sp³-hybridized carbons (Fsp3) is 0.667. The maximum absolute atomic E-state index is 11.7. The first-order valence-corrected chi connectivity index (χ1v) is 6.08. The lowest BCUT2D eigenvalue weighted by molar-refractivity contribution is -0.130. The van der Waals surface area contributed by atoms with E-state index in [0.29, 0.717) is 12.5 Å². The zero-order chi connectivity index (χ0) is 12.3. The van der Waals surface area contributed by atoms with Crippen LogP contribution in [0.15, 0.2) is 12.3 Å². The summed E-state index contributed by atoms with van der Waals surface area (Å²) in [6.07, 6.45) is 4.11. The van der Waals surface area contributed by atoms with E-state index in [0.717, 1.165) is 19.5 Å². The Balaban J connectivity index is 1.91. The number of carbonyl (C=O) groups is 1. The predicted molar refractivity (Wildman–Crippen MR) is 65.7 cm³/mol. The number of hydrogen-bond donors (Lipinski definition) is 1. The molecular weight excluding hydrogens is 216 g/mol. The lowest BCUT2D eigenvalue weighted by atomic mass is 9.95. The minimum atomic E-state index is 0.176. The zero-order valence-electron chi connectivity index (χ0n) is 10.5. The summed E-state index contributed by atoms with van der Waals surface area (Å²) in [4.78, 5) is 15.6. The monoisotopic (exact) mass is 236 g/mol. The topological polar surface area (TPSA) is 52.2 Å². The average Bonchev–Trinajstić information content (AvgIpc) is 2.82. The largest absolute Gasteiger partial charge is 0.348 e. The Hall–Kier alpha value is -1.36. The van der Waals surface area contributed by atoms with Crippen LogP contribution in [-0.4, -0.2) is 59.6 Å². The molecule has 1 aromatic rings. The molecule has 94 valence electrons. The first kappa shape index (κ1) is 12.1. The van der Waals surface area contributed by atoms with Crippen LogP contribution in [0.5, 0.6) is 0 Å². The third kappa shape index (κ3) is 3.06. The van der Waals surface area contributed by atoms with E-state index in [1.807, 2.05) is 6.07 Å². The standard InChI is InChI=1S/C12H20N4O/c1-15(2)12(17)9-16-7-3-4-10(8-16)11-5-6-13-14-11/h5-6,10H,3-4,7-9H2,1-2H3,(H,13,14). The normalized spacial score (nSPS) is 21.4. The highest BCUT2D eigenvalue weighted by Gasteiger charge is 2.23. The number of rotatable bonds is 3. The van der Waals surface area contributed by atoms with E-state index >= 15 is 0 Å². The number of hydrogen-bond acceptors (Lipinski definition) is 3. The molecule has 5 nitrogen and oxygen atoms in total. The van der Waals surface area contributed by atoms with Crippen molar-refractivity contribution in [2.45, 2.75) is 18.8 Å². The summed E-state index contributed by atoms with van der Waals surface area (Å²) < 4.78 is 0. The van der Waals surface area contributed by atoms with E-state index < -0.39 is 0 Å². The molecule has 1 aromatic heterocycles. The molecule has 0 aromatic carbocycles. The van der Waals surface area contributed by atoms with Crippen LogP contribution in [0.25, 0.3) is 0 Å². The van der Waals surface area contributed by atoms with Crippen LogP contribution in [0, 0.1) is 0 Å². The third-order valence-electron chi connectivity index (χ3n) is 3.33. The molecule has 2 rings (SSSR count). The van der Waals surface area contributed by atoms with E-state index in [-0.39, 0.29) is 5.91 Å². The van der Waals surface area contributed by atoms with Gasteiger partial charge in [0.1, 0.15) is 0 Å². The van der Waals surface area contributed by atoms with Crippen molar-refractivity contribution in [3.8, 4) is 0 Å². The Morgan fingerprint density at radius 3 is 3.12 bits per heavy atom. The van der Waals surface area contributed by atoms with Gasteiger partial charge in [0.25, 0.3) is 0 Å². The maximum atomic E-state index is 11.7. The maximum Gasteiger partial charge on any atom is 0.236 e. The number of likely N-dealkylation sites (tertiary alicyclic amines) is 1. The van der Waals surface area contributed by atoms with Gasteiger partial charge in [0.2, 0.25) is 5.91 Å². The Morgan fingerprint density at radius 1 is 1.65 bits per heavy atom. The number of aromatic amines is 1. The van der Waals surface area contributed by atoms with E-state index in [9.17, 15) is 4.79 Å². The summed E-state index contributed by atoms with van der Waals surface area (Å²) in [5.41, 5.74) is 1.19. The van der Waals surface area contributed by atoms with Gasteiger partial charge in [-0.25, -0.2) is 0 Å². The van der Waals surface area contributed by atoms with Gasteiger partial charge in [0, 0.05) is 38.4 Å². The number of amides is 1. The highest BCUT2D eigenvalue weighted by molar-refractivity contribution is 5.77. The number of H-pyrrole nitrogens is 1. The molecule has 17 heavy (non-hydrogen) atoms. The first-order chi connectivity index (χ1) is 8.16. The van der Waals surface area contributed by atoms with Crippen molar-refractivity contribution in [2.24, 2.45) is 0 Å². The van der Waals surface area contributed by atoms with Gasteiger partial charge in [0.15, 0.2) is 0 Å². The minimum absolute atomic E-state index is 0.176. The molecule has 0 spiro atoms. The van der Waals surface area contributed by atoms with Gasteiger partial charge in [-0.05, 0) is 25.5 Å². The second-order valence-corrected chi connectivity index (χ2v) is 4.87. The fourth-order valence-corrected chi connectivity index (χ4v) is 2.28. The smallest absolute Gasteiger partial charge is 0.236 e. The van der Waals surface area contributed by atoms with Crippen molar-refractivity contribution in [2.75, 3.05) is 33.7 Å². The Morgan fingerprint density at radius 2 is 2.47 bits per heavy atom. The highest BCUT2D eigenvalue weighted by atomic mass is 16.2. The van der Waals surface area contributed by atoms with E-state index in [1.54, 1.807) is 25.2 Å². The zero-order valence-corrected chi connectivity index (χ0v) is 10.5. The van der Waals surface area contributed by atoms with Crippen molar-refractivity contribution in [3.63, 3.8) is 0 Å². The molecule has 1 saturated heterocycles.